The van der Waals surface area contributed by atoms with Gasteiger partial charge in [-0.1, -0.05) is 12.1 Å². The van der Waals surface area contributed by atoms with Crippen molar-refractivity contribution in [1.29, 1.82) is 0 Å². The number of benzene rings is 1. The summed E-state index contributed by atoms with van der Waals surface area (Å²) in [6.45, 7) is 0.614. The number of nitrogens with one attached hydrogen (secondary N) is 1. The van der Waals surface area contributed by atoms with Crippen molar-refractivity contribution < 1.29 is 19.7 Å². The molecule has 0 amide bonds. The lowest BCUT2D eigenvalue weighted by Crippen LogP contribution is -2.47. The first kappa shape index (κ1) is 10.9. The van der Waals surface area contributed by atoms with Crippen molar-refractivity contribution in [3.05, 3.63) is 29.8 Å². The van der Waals surface area contributed by atoms with E-state index in [2.05, 4.69) is 5.32 Å². The first-order chi connectivity index (χ1) is 7.66. The molecule has 86 valence electrons. The Morgan fingerprint density at radius 2 is 2.06 bits per heavy atom. The normalized spacial score (nSPS) is 25.2. The summed E-state index contributed by atoms with van der Waals surface area (Å²) in [6, 6.07) is 6.07. The third kappa shape index (κ3) is 2.32. The summed E-state index contributed by atoms with van der Waals surface area (Å²) >= 11 is 0. The van der Waals surface area contributed by atoms with Crippen molar-refractivity contribution in [2.45, 2.75) is 12.1 Å². The molecule has 1 aromatic rings. The Hall–Kier alpha value is -1.59. The van der Waals surface area contributed by atoms with Gasteiger partial charge >= 0.3 is 5.97 Å². The zero-order chi connectivity index (χ0) is 11.5. The summed E-state index contributed by atoms with van der Waals surface area (Å²) in [5.41, 5.74) is 0.925. The van der Waals surface area contributed by atoms with Crippen LogP contribution in [-0.2, 0) is 9.53 Å². The molecule has 1 heterocycles. The molecule has 0 spiro atoms. The van der Waals surface area contributed by atoms with E-state index in [1.54, 1.807) is 24.3 Å². The van der Waals surface area contributed by atoms with Crippen molar-refractivity contribution in [2.75, 3.05) is 13.2 Å². The van der Waals surface area contributed by atoms with E-state index < -0.39 is 12.0 Å². The van der Waals surface area contributed by atoms with E-state index in [0.29, 0.717) is 6.54 Å². The molecule has 0 aromatic heterocycles. The van der Waals surface area contributed by atoms with Gasteiger partial charge in [0.05, 0.1) is 12.7 Å². The third-order valence-electron chi connectivity index (χ3n) is 2.58. The van der Waals surface area contributed by atoms with Crippen LogP contribution >= 0.6 is 0 Å². The average molecular weight is 223 g/mol. The van der Waals surface area contributed by atoms with E-state index in [1.165, 1.54) is 0 Å². The monoisotopic (exact) mass is 223 g/mol. The number of ether oxygens (including phenoxy) is 1. The molecular formula is C11H13NO4. The Morgan fingerprint density at radius 3 is 2.56 bits per heavy atom. The summed E-state index contributed by atoms with van der Waals surface area (Å²) in [5.74, 6) is -0.694. The molecule has 2 atom stereocenters. The van der Waals surface area contributed by atoms with Crippen LogP contribution in [0.2, 0.25) is 0 Å². The van der Waals surface area contributed by atoms with Crippen LogP contribution in [0.5, 0.6) is 5.75 Å². The number of carbonyl (C=O) groups is 1. The number of aliphatic carboxylic acids is 1. The lowest BCUT2D eigenvalue weighted by molar-refractivity contribution is -0.144. The fourth-order valence-electron chi connectivity index (χ4n) is 1.64. The molecule has 1 aliphatic heterocycles. The Kier molecular flexibility index (Phi) is 3.07. The molecule has 5 heteroatoms. The molecule has 0 bridgehead atoms. The second-order valence-electron chi connectivity index (χ2n) is 3.71. The number of phenols is 1. The van der Waals surface area contributed by atoms with Gasteiger partial charge in [-0.3, -0.25) is 10.1 Å². The smallest absolute Gasteiger partial charge is 0.323 e. The average Bonchev–Trinajstić information content (AvgIpc) is 2.30. The molecule has 2 rings (SSSR count). The maximum Gasteiger partial charge on any atom is 0.323 e. The molecule has 3 N–H and O–H groups in total. The number of aromatic hydroxyl groups is 1. The minimum atomic E-state index is -0.899. The first-order valence-corrected chi connectivity index (χ1v) is 5.03. The first-order valence-electron chi connectivity index (χ1n) is 5.03. The number of carboxylic acid groups (broad SMARTS) is 1. The fourth-order valence-corrected chi connectivity index (χ4v) is 1.64. The quantitative estimate of drug-likeness (QED) is 0.680. The number of hydrogen-bond donors (Lipinski definition) is 3. The number of carboxylic acids is 1. The fraction of sp³-hybridized carbons (Fsp3) is 0.364. The van der Waals surface area contributed by atoms with E-state index in [-0.39, 0.29) is 18.5 Å². The second-order valence-corrected chi connectivity index (χ2v) is 3.71. The SMILES string of the molecule is O=C(O)C1COC(c2ccc(O)cc2)CN1. The Bertz CT molecular complexity index is 368. The summed E-state index contributed by atoms with van der Waals surface area (Å²) < 4.78 is 5.45. The summed E-state index contributed by atoms with van der Waals surface area (Å²) in [7, 11) is 0. The number of phenolic OH excluding ortho intramolecular Hbond substituents is 1. The lowest BCUT2D eigenvalue weighted by Gasteiger charge is -2.28. The van der Waals surface area contributed by atoms with Crippen molar-refractivity contribution >= 4 is 5.97 Å². The number of morpholine rings is 1. The van der Waals surface area contributed by atoms with Gasteiger partial charge in [0.25, 0.3) is 0 Å². The van der Waals surface area contributed by atoms with Crippen molar-refractivity contribution in [3.8, 4) is 5.75 Å². The predicted molar refractivity (Wildman–Crippen MR) is 56.2 cm³/mol. The zero-order valence-electron chi connectivity index (χ0n) is 8.59. The van der Waals surface area contributed by atoms with E-state index in [1.807, 2.05) is 0 Å². The lowest BCUT2D eigenvalue weighted by atomic mass is 10.1. The standard InChI is InChI=1S/C11H13NO4/c13-8-3-1-7(2-4-8)10-5-12-9(6-16-10)11(14)15/h1-4,9-10,12-13H,5-6H2,(H,14,15). The maximum absolute atomic E-state index is 10.7. The minimum Gasteiger partial charge on any atom is -0.508 e. The zero-order valence-corrected chi connectivity index (χ0v) is 8.59. The Labute approximate surface area is 92.7 Å². The summed E-state index contributed by atoms with van der Waals surface area (Å²) in [4.78, 5) is 10.7. The highest BCUT2D eigenvalue weighted by atomic mass is 16.5. The van der Waals surface area contributed by atoms with Crippen LogP contribution in [0.25, 0.3) is 0 Å². The molecule has 1 fully saturated rings. The molecule has 16 heavy (non-hydrogen) atoms. The van der Waals surface area contributed by atoms with Gasteiger partial charge in [-0.25, -0.2) is 0 Å². The van der Waals surface area contributed by atoms with Crippen LogP contribution in [-0.4, -0.2) is 35.4 Å². The molecular weight excluding hydrogens is 210 g/mol. The number of rotatable bonds is 2. The van der Waals surface area contributed by atoms with Crippen LogP contribution in [0.1, 0.15) is 11.7 Å². The van der Waals surface area contributed by atoms with Gasteiger partial charge in [-0.2, -0.15) is 0 Å². The summed E-state index contributed by atoms with van der Waals surface area (Å²) in [5, 5.41) is 20.8. The number of hydrogen-bond acceptors (Lipinski definition) is 4. The molecule has 0 saturated carbocycles. The van der Waals surface area contributed by atoms with Crippen molar-refractivity contribution in [2.24, 2.45) is 0 Å². The molecule has 5 nitrogen and oxygen atoms in total. The summed E-state index contributed by atoms with van der Waals surface area (Å²) in [6.07, 6.45) is -0.156. The van der Waals surface area contributed by atoms with Crippen LogP contribution in [0.4, 0.5) is 0 Å². The minimum absolute atomic E-state index is 0.154. The molecule has 0 aliphatic carbocycles. The second kappa shape index (κ2) is 4.51. The molecule has 2 unspecified atom stereocenters. The van der Waals surface area contributed by atoms with Gasteiger partial charge in [0.2, 0.25) is 0 Å². The largest absolute Gasteiger partial charge is 0.508 e. The highest BCUT2D eigenvalue weighted by molar-refractivity contribution is 5.73. The van der Waals surface area contributed by atoms with Gasteiger partial charge in [-0.15, -0.1) is 0 Å². The van der Waals surface area contributed by atoms with E-state index in [4.69, 9.17) is 14.9 Å². The molecule has 1 aromatic carbocycles. The Morgan fingerprint density at radius 1 is 1.38 bits per heavy atom. The maximum atomic E-state index is 10.7. The van der Waals surface area contributed by atoms with Crippen LogP contribution in [0.15, 0.2) is 24.3 Å². The van der Waals surface area contributed by atoms with Crippen LogP contribution in [0, 0.1) is 0 Å². The van der Waals surface area contributed by atoms with Gasteiger partial charge in [0.15, 0.2) is 0 Å². The van der Waals surface area contributed by atoms with Crippen molar-refractivity contribution in [1.82, 2.24) is 5.32 Å². The highest BCUT2D eigenvalue weighted by Gasteiger charge is 2.26. The van der Waals surface area contributed by atoms with Crippen molar-refractivity contribution in [3.63, 3.8) is 0 Å². The molecule has 1 aliphatic rings. The van der Waals surface area contributed by atoms with E-state index >= 15 is 0 Å². The van der Waals surface area contributed by atoms with Crippen LogP contribution < -0.4 is 5.32 Å². The Balaban J connectivity index is 1.99. The van der Waals surface area contributed by atoms with Gasteiger partial charge < -0.3 is 14.9 Å². The molecule has 0 radical (unpaired) electrons. The van der Waals surface area contributed by atoms with Gasteiger partial charge in [0.1, 0.15) is 11.8 Å². The van der Waals surface area contributed by atoms with E-state index in [0.717, 1.165) is 5.56 Å². The molecule has 1 saturated heterocycles. The predicted octanol–water partition coefficient (Wildman–Crippen LogP) is 0.506. The van der Waals surface area contributed by atoms with Gasteiger partial charge in [0, 0.05) is 6.54 Å². The van der Waals surface area contributed by atoms with Crippen LogP contribution in [0.3, 0.4) is 0 Å². The third-order valence-corrected chi connectivity index (χ3v) is 2.58. The highest BCUT2D eigenvalue weighted by Crippen LogP contribution is 2.22. The van der Waals surface area contributed by atoms with E-state index in [9.17, 15) is 4.79 Å². The topological polar surface area (TPSA) is 78.8 Å². The van der Waals surface area contributed by atoms with Gasteiger partial charge in [-0.05, 0) is 17.7 Å².